The third-order valence-electron chi connectivity index (χ3n) is 5.92. The Morgan fingerprint density at radius 3 is 1.22 bits per heavy atom. The van der Waals surface area contributed by atoms with Gasteiger partial charge in [-0.2, -0.15) is 0 Å². The molecule has 0 aromatic heterocycles. The van der Waals surface area contributed by atoms with E-state index in [-0.39, 0.29) is 25.7 Å². The molecule has 0 unspecified atom stereocenters. The monoisotopic (exact) mass is 494 g/mol. The van der Waals surface area contributed by atoms with Gasteiger partial charge in [0.2, 0.25) is 0 Å². The molecular weight excluding hydrogens is 456 g/mol. The third-order valence-corrected chi connectivity index (χ3v) is 5.92. The van der Waals surface area contributed by atoms with Gasteiger partial charge < -0.3 is 29.5 Å². The fraction of sp³-hybridized carbons (Fsp3) is 0.400. The predicted molar refractivity (Wildman–Crippen MR) is 141 cm³/mol. The maximum Gasteiger partial charge on any atom is 0.119 e. The molecule has 0 bridgehead atoms. The van der Waals surface area contributed by atoms with Crippen molar-refractivity contribution in [3.8, 4) is 17.2 Å². The van der Waals surface area contributed by atoms with Gasteiger partial charge in [-0.15, -0.1) is 0 Å². The van der Waals surface area contributed by atoms with Gasteiger partial charge in [0.1, 0.15) is 17.2 Å². The number of aryl methyl sites for hydroxylation is 1. The maximum atomic E-state index is 8.97. The number of aliphatic hydroxyl groups excluding tert-OH is 3. The molecule has 0 heterocycles. The zero-order chi connectivity index (χ0) is 25.4. The predicted octanol–water partition coefficient (Wildman–Crippen LogP) is 4.73. The summed E-state index contributed by atoms with van der Waals surface area (Å²) in [5, 5.41) is 26.8. The maximum absolute atomic E-state index is 8.97. The molecule has 36 heavy (non-hydrogen) atoms. The van der Waals surface area contributed by atoms with Crippen molar-refractivity contribution in [2.75, 3.05) is 39.6 Å². The number of benzene rings is 3. The van der Waals surface area contributed by atoms with Crippen molar-refractivity contribution in [1.29, 1.82) is 0 Å². The summed E-state index contributed by atoms with van der Waals surface area (Å²) in [6, 6.07) is 24.6. The van der Waals surface area contributed by atoms with Crippen molar-refractivity contribution in [3.05, 3.63) is 89.5 Å². The summed E-state index contributed by atoms with van der Waals surface area (Å²) in [7, 11) is 0. The van der Waals surface area contributed by atoms with Crippen LogP contribution in [0.2, 0.25) is 0 Å². The van der Waals surface area contributed by atoms with Gasteiger partial charge in [0.15, 0.2) is 0 Å². The largest absolute Gasteiger partial charge is 0.494 e. The van der Waals surface area contributed by atoms with Gasteiger partial charge >= 0.3 is 0 Å². The number of aliphatic hydroxyl groups is 3. The van der Waals surface area contributed by atoms with Crippen LogP contribution < -0.4 is 14.2 Å². The zero-order valence-electron chi connectivity index (χ0n) is 20.9. The van der Waals surface area contributed by atoms with E-state index >= 15 is 0 Å². The van der Waals surface area contributed by atoms with E-state index in [0.717, 1.165) is 30.1 Å². The molecule has 3 aromatic carbocycles. The third kappa shape index (κ3) is 9.19. The summed E-state index contributed by atoms with van der Waals surface area (Å²) in [5.41, 5.74) is 3.66. The first kappa shape index (κ1) is 27.5. The van der Waals surface area contributed by atoms with Crippen molar-refractivity contribution in [2.45, 2.75) is 38.0 Å². The smallest absolute Gasteiger partial charge is 0.119 e. The van der Waals surface area contributed by atoms with Gasteiger partial charge in [-0.3, -0.25) is 0 Å². The first-order chi connectivity index (χ1) is 17.7. The van der Waals surface area contributed by atoms with E-state index in [9.17, 15) is 0 Å². The van der Waals surface area contributed by atoms with Crippen LogP contribution in [0, 0.1) is 0 Å². The van der Waals surface area contributed by atoms with Crippen LogP contribution in [0.25, 0.3) is 0 Å². The summed E-state index contributed by atoms with van der Waals surface area (Å²) < 4.78 is 17.1. The molecule has 0 saturated carbocycles. The molecule has 0 aliphatic carbocycles. The molecule has 0 aliphatic heterocycles. The summed E-state index contributed by atoms with van der Waals surface area (Å²) in [5.74, 6) is 2.62. The van der Waals surface area contributed by atoms with Gasteiger partial charge in [0.25, 0.3) is 0 Å². The SMILES string of the molecule is OCCCOc1ccc(CCC(c2ccc(OCCCO)cc2)c2ccc(OCCCO)cc2)cc1. The van der Waals surface area contributed by atoms with Crippen molar-refractivity contribution in [1.82, 2.24) is 0 Å². The number of rotatable bonds is 17. The van der Waals surface area contributed by atoms with Crippen LogP contribution in [0.15, 0.2) is 72.8 Å². The van der Waals surface area contributed by atoms with Crippen LogP contribution in [-0.2, 0) is 6.42 Å². The van der Waals surface area contributed by atoms with Gasteiger partial charge in [-0.05, 0) is 65.9 Å². The second-order valence-corrected chi connectivity index (χ2v) is 8.65. The molecule has 3 rings (SSSR count). The van der Waals surface area contributed by atoms with E-state index < -0.39 is 0 Å². The summed E-state index contributed by atoms with van der Waals surface area (Å²) in [6.45, 7) is 1.88. The highest BCUT2D eigenvalue weighted by Crippen LogP contribution is 2.32. The Morgan fingerprint density at radius 2 is 0.861 bits per heavy atom. The van der Waals surface area contributed by atoms with Gasteiger partial charge in [0, 0.05) is 45.0 Å². The second-order valence-electron chi connectivity index (χ2n) is 8.65. The Morgan fingerprint density at radius 1 is 0.500 bits per heavy atom. The highest BCUT2D eigenvalue weighted by atomic mass is 16.5. The zero-order valence-corrected chi connectivity index (χ0v) is 20.9. The molecule has 3 N–H and O–H groups in total. The highest BCUT2D eigenvalue weighted by Gasteiger charge is 2.15. The highest BCUT2D eigenvalue weighted by molar-refractivity contribution is 5.39. The van der Waals surface area contributed by atoms with Gasteiger partial charge in [0.05, 0.1) is 19.8 Å². The fourth-order valence-corrected chi connectivity index (χ4v) is 3.95. The molecule has 3 aromatic rings. The van der Waals surface area contributed by atoms with E-state index in [1.54, 1.807) is 0 Å². The van der Waals surface area contributed by atoms with Crippen molar-refractivity contribution in [3.63, 3.8) is 0 Å². The first-order valence-electron chi connectivity index (χ1n) is 12.7. The standard InChI is InChI=1S/C30H38O6/c31-18-1-21-34-27-11-4-24(5-12-27)6-17-30(25-7-13-28(14-8-25)35-22-2-19-32)26-9-15-29(16-10-26)36-23-3-20-33/h4-5,7-16,30-33H,1-3,6,17-23H2. The lowest BCUT2D eigenvalue weighted by Gasteiger charge is -2.19. The summed E-state index contributed by atoms with van der Waals surface area (Å²) >= 11 is 0. The van der Waals surface area contributed by atoms with Crippen LogP contribution in [0.4, 0.5) is 0 Å². The molecule has 0 aliphatic rings. The average Bonchev–Trinajstić information content (AvgIpc) is 2.92. The van der Waals surface area contributed by atoms with Crippen molar-refractivity contribution >= 4 is 0 Å². The normalized spacial score (nSPS) is 11.0. The first-order valence-corrected chi connectivity index (χ1v) is 12.7. The Kier molecular flexibility index (Phi) is 12.1. The molecule has 0 fully saturated rings. The van der Waals surface area contributed by atoms with Gasteiger partial charge in [-0.25, -0.2) is 0 Å². The Balaban J connectivity index is 1.70. The van der Waals surface area contributed by atoms with Crippen LogP contribution in [-0.4, -0.2) is 55.0 Å². The second kappa shape index (κ2) is 15.8. The van der Waals surface area contributed by atoms with E-state index in [4.69, 9.17) is 29.5 Å². The quantitative estimate of drug-likeness (QED) is 0.235. The molecule has 6 nitrogen and oxygen atoms in total. The lowest BCUT2D eigenvalue weighted by atomic mass is 9.86. The van der Waals surface area contributed by atoms with E-state index in [2.05, 4.69) is 36.4 Å². The molecule has 0 saturated heterocycles. The number of hydrogen-bond donors (Lipinski definition) is 3. The average molecular weight is 495 g/mol. The topological polar surface area (TPSA) is 88.4 Å². The Labute approximate surface area is 214 Å². The number of hydrogen-bond acceptors (Lipinski definition) is 6. The minimum Gasteiger partial charge on any atom is -0.494 e. The molecule has 194 valence electrons. The van der Waals surface area contributed by atoms with Crippen LogP contribution in [0.1, 0.15) is 48.3 Å². The van der Waals surface area contributed by atoms with Crippen LogP contribution >= 0.6 is 0 Å². The molecule has 0 spiro atoms. The molecule has 0 amide bonds. The summed E-state index contributed by atoms with van der Waals surface area (Å²) in [4.78, 5) is 0. The fourth-order valence-electron chi connectivity index (χ4n) is 3.95. The van der Waals surface area contributed by atoms with Gasteiger partial charge in [-0.1, -0.05) is 36.4 Å². The van der Waals surface area contributed by atoms with Crippen molar-refractivity contribution < 1.29 is 29.5 Å². The van der Waals surface area contributed by atoms with Crippen LogP contribution in [0.5, 0.6) is 17.2 Å². The number of ether oxygens (including phenoxy) is 3. The lowest BCUT2D eigenvalue weighted by Crippen LogP contribution is -2.05. The Hall–Kier alpha value is -3.06. The van der Waals surface area contributed by atoms with E-state index in [1.165, 1.54) is 16.7 Å². The molecule has 0 atom stereocenters. The van der Waals surface area contributed by atoms with Crippen molar-refractivity contribution in [2.24, 2.45) is 0 Å². The minimum atomic E-state index is 0.121. The molecule has 0 radical (unpaired) electrons. The lowest BCUT2D eigenvalue weighted by molar-refractivity contribution is 0.233. The summed E-state index contributed by atoms with van der Waals surface area (Å²) in [6.07, 6.45) is 3.69. The van der Waals surface area contributed by atoms with E-state index in [1.807, 2.05) is 36.4 Å². The molecule has 6 heteroatoms. The Bertz CT molecular complexity index is 916. The van der Waals surface area contributed by atoms with Crippen LogP contribution in [0.3, 0.4) is 0 Å². The van der Waals surface area contributed by atoms with E-state index in [0.29, 0.717) is 39.1 Å². The molecular formula is C30H38O6. The minimum absolute atomic E-state index is 0.121.